The number of carbonyl (C=O) groups excluding carboxylic acids is 1. The zero-order valence-electron chi connectivity index (χ0n) is 8.60. The molecular formula is C10H12BrN3O. The number of halogens is 1. The van der Waals surface area contributed by atoms with E-state index in [4.69, 9.17) is 6.42 Å². The van der Waals surface area contributed by atoms with Crippen LogP contribution in [-0.4, -0.2) is 22.4 Å². The summed E-state index contributed by atoms with van der Waals surface area (Å²) in [6.45, 7) is 4.18. The summed E-state index contributed by atoms with van der Waals surface area (Å²) in [5.74, 6) is 2.29. The molecule has 0 saturated carbocycles. The molecule has 0 fully saturated rings. The summed E-state index contributed by atoms with van der Waals surface area (Å²) in [5.41, 5.74) is 1.20. The van der Waals surface area contributed by atoms with Crippen molar-refractivity contribution in [2.24, 2.45) is 0 Å². The van der Waals surface area contributed by atoms with E-state index in [9.17, 15) is 4.79 Å². The van der Waals surface area contributed by atoms with Gasteiger partial charge in [-0.1, -0.05) is 19.8 Å². The van der Waals surface area contributed by atoms with Gasteiger partial charge in [0, 0.05) is 0 Å². The fourth-order valence-electron chi connectivity index (χ4n) is 1.16. The van der Waals surface area contributed by atoms with Gasteiger partial charge in [0.15, 0.2) is 10.4 Å². The summed E-state index contributed by atoms with van der Waals surface area (Å²) in [4.78, 5) is 18.7. The SMILES string of the molecule is C#CCNC(=O)c1nc(Br)[nH]c1C(C)C. The Morgan fingerprint density at radius 1 is 1.73 bits per heavy atom. The van der Waals surface area contributed by atoms with Crippen LogP contribution in [0, 0.1) is 12.3 Å². The lowest BCUT2D eigenvalue weighted by atomic mass is 10.1. The molecule has 0 atom stereocenters. The molecule has 1 aromatic rings. The first-order valence-corrected chi connectivity index (χ1v) is 5.32. The third kappa shape index (κ3) is 2.83. The zero-order valence-corrected chi connectivity index (χ0v) is 10.2. The molecule has 0 radical (unpaired) electrons. The van der Waals surface area contributed by atoms with Crippen molar-refractivity contribution in [2.75, 3.05) is 6.54 Å². The Bertz CT molecular complexity index is 403. The molecule has 0 spiro atoms. The average molecular weight is 270 g/mol. The first-order valence-electron chi connectivity index (χ1n) is 4.53. The number of carbonyl (C=O) groups is 1. The van der Waals surface area contributed by atoms with Crippen molar-refractivity contribution in [3.8, 4) is 12.3 Å². The van der Waals surface area contributed by atoms with E-state index >= 15 is 0 Å². The summed E-state index contributed by atoms with van der Waals surface area (Å²) < 4.78 is 0.553. The molecule has 4 nitrogen and oxygen atoms in total. The molecule has 5 heteroatoms. The molecular weight excluding hydrogens is 258 g/mol. The maximum absolute atomic E-state index is 11.6. The number of aromatic nitrogens is 2. The average Bonchev–Trinajstić information content (AvgIpc) is 2.57. The van der Waals surface area contributed by atoms with Gasteiger partial charge < -0.3 is 10.3 Å². The predicted octanol–water partition coefficient (Wildman–Crippen LogP) is 1.66. The van der Waals surface area contributed by atoms with Gasteiger partial charge in [-0.2, -0.15) is 0 Å². The molecule has 0 bridgehead atoms. The minimum Gasteiger partial charge on any atom is -0.340 e. The van der Waals surface area contributed by atoms with Gasteiger partial charge in [0.1, 0.15) is 0 Å². The molecule has 15 heavy (non-hydrogen) atoms. The molecule has 1 rings (SSSR count). The third-order valence-corrected chi connectivity index (χ3v) is 2.22. The van der Waals surface area contributed by atoms with Crippen LogP contribution >= 0.6 is 15.9 Å². The number of terminal acetylenes is 1. The van der Waals surface area contributed by atoms with Crippen LogP contribution in [0.3, 0.4) is 0 Å². The number of hydrogen-bond donors (Lipinski definition) is 2. The Morgan fingerprint density at radius 3 is 2.93 bits per heavy atom. The van der Waals surface area contributed by atoms with Crippen LogP contribution < -0.4 is 5.32 Å². The van der Waals surface area contributed by atoms with Gasteiger partial charge in [0.05, 0.1) is 12.2 Å². The van der Waals surface area contributed by atoms with E-state index in [2.05, 4.69) is 37.1 Å². The molecule has 1 amide bonds. The smallest absolute Gasteiger partial charge is 0.272 e. The number of rotatable bonds is 3. The molecule has 80 valence electrons. The third-order valence-electron chi connectivity index (χ3n) is 1.85. The predicted molar refractivity (Wildman–Crippen MR) is 61.5 cm³/mol. The topological polar surface area (TPSA) is 57.8 Å². The van der Waals surface area contributed by atoms with Crippen molar-refractivity contribution in [1.82, 2.24) is 15.3 Å². The summed E-state index contributed by atoms with van der Waals surface area (Å²) in [6.07, 6.45) is 5.06. The fourth-order valence-corrected chi connectivity index (χ4v) is 1.55. The number of hydrogen-bond acceptors (Lipinski definition) is 2. The van der Waals surface area contributed by atoms with Gasteiger partial charge in [-0.05, 0) is 21.8 Å². The highest BCUT2D eigenvalue weighted by atomic mass is 79.9. The number of aromatic amines is 1. The van der Waals surface area contributed by atoms with E-state index < -0.39 is 0 Å². The Labute approximate surface area is 97.0 Å². The standard InChI is InChI=1S/C10H12BrN3O/c1-4-5-12-9(15)8-7(6(2)3)13-10(11)14-8/h1,6H,5H2,2-3H3,(H,12,15)(H,13,14). The van der Waals surface area contributed by atoms with Gasteiger partial charge in [-0.25, -0.2) is 4.98 Å². The Balaban J connectivity index is 2.93. The maximum Gasteiger partial charge on any atom is 0.272 e. The van der Waals surface area contributed by atoms with E-state index in [-0.39, 0.29) is 18.4 Å². The molecule has 0 aromatic carbocycles. The molecule has 0 aliphatic rings. The largest absolute Gasteiger partial charge is 0.340 e. The normalized spacial score (nSPS) is 10.1. The first kappa shape index (κ1) is 11.8. The van der Waals surface area contributed by atoms with Gasteiger partial charge in [0.25, 0.3) is 5.91 Å². The molecule has 1 heterocycles. The van der Waals surface area contributed by atoms with E-state index in [1.807, 2.05) is 13.8 Å². The van der Waals surface area contributed by atoms with Crippen LogP contribution in [0.5, 0.6) is 0 Å². The van der Waals surface area contributed by atoms with Crippen LogP contribution in [0.15, 0.2) is 4.73 Å². The molecule has 0 saturated heterocycles. The van der Waals surface area contributed by atoms with Crippen molar-refractivity contribution in [1.29, 1.82) is 0 Å². The van der Waals surface area contributed by atoms with E-state index in [1.165, 1.54) is 0 Å². The quantitative estimate of drug-likeness (QED) is 0.821. The van der Waals surface area contributed by atoms with Crippen LogP contribution in [0.1, 0.15) is 35.9 Å². The molecule has 1 aromatic heterocycles. The lowest BCUT2D eigenvalue weighted by Crippen LogP contribution is -2.25. The first-order chi connectivity index (χ1) is 7.06. The molecule has 2 N–H and O–H groups in total. The molecule has 0 unspecified atom stereocenters. The van der Waals surface area contributed by atoms with E-state index in [0.717, 1.165) is 5.69 Å². The second-order valence-corrected chi connectivity index (χ2v) is 4.08. The minimum atomic E-state index is -0.251. The Morgan fingerprint density at radius 2 is 2.40 bits per heavy atom. The van der Waals surface area contributed by atoms with Gasteiger partial charge in [-0.3, -0.25) is 4.79 Å². The van der Waals surface area contributed by atoms with Crippen molar-refractivity contribution < 1.29 is 4.79 Å². The van der Waals surface area contributed by atoms with Crippen LogP contribution in [-0.2, 0) is 0 Å². The second kappa shape index (κ2) is 4.99. The van der Waals surface area contributed by atoms with E-state index in [0.29, 0.717) is 10.4 Å². The number of imidazole rings is 1. The van der Waals surface area contributed by atoms with Crippen molar-refractivity contribution in [2.45, 2.75) is 19.8 Å². The van der Waals surface area contributed by atoms with Crippen molar-refractivity contribution >= 4 is 21.8 Å². The van der Waals surface area contributed by atoms with Gasteiger partial charge >= 0.3 is 0 Å². The number of nitrogens with one attached hydrogen (secondary N) is 2. The van der Waals surface area contributed by atoms with Crippen molar-refractivity contribution in [3.63, 3.8) is 0 Å². The van der Waals surface area contributed by atoms with Crippen molar-refractivity contribution in [3.05, 3.63) is 16.1 Å². The zero-order chi connectivity index (χ0) is 11.4. The monoisotopic (exact) mass is 269 g/mol. The van der Waals surface area contributed by atoms with Crippen LogP contribution in [0.2, 0.25) is 0 Å². The summed E-state index contributed by atoms with van der Waals surface area (Å²) >= 11 is 3.20. The number of H-pyrrole nitrogens is 1. The molecule has 0 aliphatic carbocycles. The van der Waals surface area contributed by atoms with E-state index in [1.54, 1.807) is 0 Å². The van der Waals surface area contributed by atoms with Crippen LogP contribution in [0.25, 0.3) is 0 Å². The highest BCUT2D eigenvalue weighted by Gasteiger charge is 2.18. The lowest BCUT2D eigenvalue weighted by molar-refractivity contribution is 0.0953. The summed E-state index contributed by atoms with van der Waals surface area (Å²) in [6, 6.07) is 0. The van der Waals surface area contributed by atoms with Gasteiger partial charge in [0.2, 0.25) is 0 Å². The number of amides is 1. The summed E-state index contributed by atoms with van der Waals surface area (Å²) in [5, 5.41) is 2.58. The Kier molecular flexibility index (Phi) is 3.92. The molecule has 0 aliphatic heterocycles. The summed E-state index contributed by atoms with van der Waals surface area (Å²) in [7, 11) is 0. The Hall–Kier alpha value is -1.28. The lowest BCUT2D eigenvalue weighted by Gasteiger charge is -2.04. The van der Waals surface area contributed by atoms with Crippen LogP contribution in [0.4, 0.5) is 0 Å². The van der Waals surface area contributed by atoms with Gasteiger partial charge in [-0.15, -0.1) is 6.42 Å². The number of nitrogens with zero attached hydrogens (tertiary/aromatic N) is 1. The fraction of sp³-hybridized carbons (Fsp3) is 0.400. The second-order valence-electron chi connectivity index (χ2n) is 3.33. The highest BCUT2D eigenvalue weighted by Crippen LogP contribution is 2.19. The highest BCUT2D eigenvalue weighted by molar-refractivity contribution is 9.10. The maximum atomic E-state index is 11.6. The minimum absolute atomic E-state index is 0.204.